The summed E-state index contributed by atoms with van der Waals surface area (Å²) in [4.78, 5) is 13.5. The molecule has 1 fully saturated rings. The van der Waals surface area contributed by atoms with Crippen LogP contribution in [0, 0.1) is 0 Å². The first-order valence-electron chi connectivity index (χ1n) is 7.28. The van der Waals surface area contributed by atoms with Crippen LogP contribution in [-0.4, -0.2) is 36.1 Å². The molecular weight excluding hydrogens is 347 g/mol. The largest absolute Gasteiger partial charge is 0.497 e. The highest BCUT2D eigenvalue weighted by molar-refractivity contribution is 6.68. The summed E-state index contributed by atoms with van der Waals surface area (Å²) in [5, 5.41) is 2.87. The summed E-state index contributed by atoms with van der Waals surface area (Å²) in [7, 11) is 1.58. The smallest absolute Gasteiger partial charge is 0.262 e. The van der Waals surface area contributed by atoms with Gasteiger partial charge >= 0.3 is 0 Å². The zero-order valence-electron chi connectivity index (χ0n) is 12.4. The lowest BCUT2D eigenvalue weighted by atomic mass is 10.1. The van der Waals surface area contributed by atoms with E-state index in [9.17, 15) is 4.79 Å². The van der Waals surface area contributed by atoms with Gasteiger partial charge in [0.2, 0.25) is 6.17 Å². The fourth-order valence-corrected chi connectivity index (χ4v) is 3.29. The van der Waals surface area contributed by atoms with Crippen molar-refractivity contribution in [2.45, 2.75) is 29.2 Å². The Morgan fingerprint density at radius 3 is 2.27 bits per heavy atom. The quantitative estimate of drug-likeness (QED) is 0.802. The molecule has 0 spiro atoms. The Hall–Kier alpha value is -0.680. The van der Waals surface area contributed by atoms with Crippen LogP contribution in [0.2, 0.25) is 0 Å². The van der Waals surface area contributed by atoms with Gasteiger partial charge in [-0.15, -0.1) is 0 Å². The average Bonchev–Trinajstić information content (AvgIpc) is 2.52. The van der Waals surface area contributed by atoms with Crippen LogP contribution >= 0.6 is 34.8 Å². The predicted octanol–water partition coefficient (Wildman–Crippen LogP) is 2.19. The number of ether oxygens (including phenoxy) is 1. The Labute approximate surface area is 145 Å². The Morgan fingerprint density at radius 2 is 1.77 bits per heavy atom. The van der Waals surface area contributed by atoms with Gasteiger partial charge in [-0.2, -0.15) is 0 Å². The number of benzene rings is 1. The van der Waals surface area contributed by atoms with Gasteiger partial charge in [-0.1, -0.05) is 34.8 Å². The van der Waals surface area contributed by atoms with Crippen molar-refractivity contribution in [3.05, 3.63) is 29.8 Å². The van der Waals surface area contributed by atoms with Crippen LogP contribution in [0.15, 0.2) is 24.3 Å². The number of nitrogens with one attached hydrogen (secondary N) is 2. The van der Waals surface area contributed by atoms with Crippen LogP contribution < -0.4 is 15.0 Å². The molecule has 1 saturated heterocycles. The van der Waals surface area contributed by atoms with Crippen molar-refractivity contribution in [3.8, 4) is 5.75 Å². The molecule has 1 amide bonds. The van der Waals surface area contributed by atoms with Gasteiger partial charge in [0.05, 0.1) is 20.2 Å². The molecule has 1 aromatic rings. The third-order valence-electron chi connectivity index (χ3n) is 3.86. The number of methoxy groups -OCH3 is 1. The summed E-state index contributed by atoms with van der Waals surface area (Å²) in [6.07, 6.45) is 2.77. The van der Waals surface area contributed by atoms with Gasteiger partial charge in [0.1, 0.15) is 5.75 Å². The van der Waals surface area contributed by atoms with E-state index in [0.29, 0.717) is 11.3 Å². The minimum Gasteiger partial charge on any atom is -0.497 e. The fourth-order valence-electron chi connectivity index (χ4n) is 2.67. The predicted molar refractivity (Wildman–Crippen MR) is 89.1 cm³/mol. The van der Waals surface area contributed by atoms with Crippen LogP contribution in [-0.2, 0) is 0 Å². The van der Waals surface area contributed by atoms with Crippen LogP contribution in [0.25, 0.3) is 0 Å². The van der Waals surface area contributed by atoms with E-state index >= 15 is 0 Å². The van der Waals surface area contributed by atoms with Crippen molar-refractivity contribution in [2.24, 2.45) is 0 Å². The molecule has 0 aromatic heterocycles. The molecule has 122 valence electrons. The maximum atomic E-state index is 12.4. The highest BCUT2D eigenvalue weighted by atomic mass is 35.6. The van der Waals surface area contributed by atoms with Gasteiger partial charge in [0.25, 0.3) is 9.70 Å². The molecule has 1 aliphatic heterocycles. The molecule has 1 atom stereocenters. The van der Waals surface area contributed by atoms with E-state index in [-0.39, 0.29) is 5.91 Å². The van der Waals surface area contributed by atoms with E-state index in [2.05, 4.69) is 5.32 Å². The van der Waals surface area contributed by atoms with Gasteiger partial charge < -0.3 is 9.64 Å². The van der Waals surface area contributed by atoms with Crippen molar-refractivity contribution in [1.82, 2.24) is 5.32 Å². The fraction of sp³-hybridized carbons (Fsp3) is 0.533. The number of rotatable bonds is 4. The standard InChI is InChI=1S/C15H19Cl3N2O2/c1-22-12-7-5-11(6-8-12)13(21)19-14(15(16,17)18)20-9-3-2-4-10-20/h5-8,14H,2-4,9-10H2,1H3,(H,19,21)/p+1/t14-/m0/s1. The highest BCUT2D eigenvalue weighted by Gasteiger charge is 2.42. The summed E-state index contributed by atoms with van der Waals surface area (Å²) < 4.78 is 3.53. The van der Waals surface area contributed by atoms with Gasteiger partial charge in [-0.25, -0.2) is 0 Å². The molecule has 0 bridgehead atoms. The van der Waals surface area contributed by atoms with Gasteiger partial charge in [-0.3, -0.25) is 10.1 Å². The number of hydrogen-bond acceptors (Lipinski definition) is 2. The lowest BCUT2D eigenvalue weighted by Gasteiger charge is -2.35. The lowest BCUT2D eigenvalue weighted by Crippen LogP contribution is -3.20. The molecule has 22 heavy (non-hydrogen) atoms. The van der Waals surface area contributed by atoms with Crippen molar-refractivity contribution in [1.29, 1.82) is 0 Å². The molecule has 7 heteroatoms. The third-order valence-corrected chi connectivity index (χ3v) is 4.51. The molecule has 2 N–H and O–H groups in total. The lowest BCUT2D eigenvalue weighted by molar-refractivity contribution is -0.931. The van der Waals surface area contributed by atoms with Crippen molar-refractivity contribution < 1.29 is 14.4 Å². The maximum absolute atomic E-state index is 12.4. The molecule has 1 aliphatic rings. The zero-order valence-corrected chi connectivity index (χ0v) is 14.6. The Morgan fingerprint density at radius 1 is 1.18 bits per heavy atom. The second kappa shape index (κ2) is 7.73. The highest BCUT2D eigenvalue weighted by Crippen LogP contribution is 2.28. The second-order valence-electron chi connectivity index (χ2n) is 5.40. The van der Waals surface area contributed by atoms with Crippen molar-refractivity contribution in [2.75, 3.05) is 20.2 Å². The molecule has 0 unspecified atom stereocenters. The summed E-state index contributed by atoms with van der Waals surface area (Å²) in [6, 6.07) is 6.84. The van der Waals surface area contributed by atoms with Gasteiger partial charge in [0.15, 0.2) is 0 Å². The molecule has 0 saturated carbocycles. The van der Waals surface area contributed by atoms with E-state index in [4.69, 9.17) is 39.5 Å². The van der Waals surface area contributed by atoms with Gasteiger partial charge in [0, 0.05) is 5.56 Å². The zero-order chi connectivity index (χ0) is 16.2. The molecule has 1 heterocycles. The van der Waals surface area contributed by atoms with E-state index in [0.717, 1.165) is 30.8 Å². The normalized spacial score (nSPS) is 17.8. The number of carbonyl (C=O) groups excluding carboxylic acids is 1. The van der Waals surface area contributed by atoms with E-state index < -0.39 is 9.96 Å². The molecule has 2 rings (SSSR count). The van der Waals surface area contributed by atoms with Gasteiger partial charge in [-0.05, 0) is 43.5 Å². The molecule has 1 aromatic carbocycles. The molecule has 4 nitrogen and oxygen atoms in total. The average molecular weight is 367 g/mol. The monoisotopic (exact) mass is 365 g/mol. The summed E-state index contributed by atoms with van der Waals surface area (Å²) in [5.74, 6) is 0.438. The third kappa shape index (κ3) is 4.66. The van der Waals surface area contributed by atoms with Crippen LogP contribution in [0.5, 0.6) is 5.75 Å². The van der Waals surface area contributed by atoms with E-state index in [1.54, 1.807) is 31.4 Å². The van der Waals surface area contributed by atoms with Crippen molar-refractivity contribution in [3.63, 3.8) is 0 Å². The topological polar surface area (TPSA) is 42.8 Å². The Balaban J connectivity index is 2.09. The minimum absolute atomic E-state index is 0.253. The Bertz CT molecular complexity index is 497. The number of quaternary nitrogens is 1. The number of amides is 1. The van der Waals surface area contributed by atoms with Crippen LogP contribution in [0.4, 0.5) is 0 Å². The van der Waals surface area contributed by atoms with E-state index in [1.165, 1.54) is 6.42 Å². The molecular formula is C15H20Cl3N2O2+. The summed E-state index contributed by atoms with van der Waals surface area (Å²) in [6.45, 7) is 1.78. The summed E-state index contributed by atoms with van der Waals surface area (Å²) >= 11 is 18.3. The van der Waals surface area contributed by atoms with Crippen LogP contribution in [0.3, 0.4) is 0 Å². The molecule has 0 radical (unpaired) electrons. The summed E-state index contributed by atoms with van der Waals surface area (Å²) in [5.41, 5.74) is 0.511. The number of hydrogen-bond donors (Lipinski definition) is 2. The van der Waals surface area contributed by atoms with Crippen LogP contribution in [0.1, 0.15) is 29.6 Å². The number of carbonyl (C=O) groups is 1. The van der Waals surface area contributed by atoms with Crippen molar-refractivity contribution >= 4 is 40.7 Å². The first-order valence-corrected chi connectivity index (χ1v) is 8.41. The maximum Gasteiger partial charge on any atom is 0.262 e. The number of halogens is 3. The first-order chi connectivity index (χ1) is 10.4. The number of piperidine rings is 1. The SMILES string of the molecule is COc1ccc(C(=O)N[C@@H]([NH+]2CCCCC2)C(Cl)(Cl)Cl)cc1. The first kappa shape index (κ1) is 17.7. The van der Waals surface area contributed by atoms with E-state index in [1.807, 2.05) is 0 Å². The minimum atomic E-state index is -1.55. The molecule has 0 aliphatic carbocycles. The number of alkyl halides is 3. The second-order valence-corrected chi connectivity index (χ2v) is 7.76. The number of likely N-dealkylation sites (tertiary alicyclic amines) is 1. The Kier molecular flexibility index (Phi) is 6.21.